The molecule has 0 aliphatic carbocycles. The van der Waals surface area contributed by atoms with E-state index in [-0.39, 0.29) is 24.0 Å². The molecule has 2 unspecified atom stereocenters. The minimum atomic E-state index is -0.324. The second-order valence-electron chi connectivity index (χ2n) is 7.85. The van der Waals surface area contributed by atoms with Crippen molar-refractivity contribution in [3.8, 4) is 0 Å². The molecule has 0 radical (unpaired) electrons. The van der Waals surface area contributed by atoms with Gasteiger partial charge in [0.15, 0.2) is 0 Å². The van der Waals surface area contributed by atoms with Gasteiger partial charge in [-0.25, -0.2) is 4.79 Å². The Morgan fingerprint density at radius 3 is 2.59 bits per heavy atom. The Labute approximate surface area is 172 Å². The Balaban J connectivity index is 1.64. The van der Waals surface area contributed by atoms with Crippen LogP contribution in [-0.2, 0) is 9.47 Å². The molecule has 1 aromatic rings. The molecule has 29 heavy (non-hydrogen) atoms. The molecular weight excluding hydrogens is 372 g/mol. The maximum absolute atomic E-state index is 12.9. The fourth-order valence-electron chi connectivity index (χ4n) is 3.86. The molecule has 8 heteroatoms. The van der Waals surface area contributed by atoms with Crippen LogP contribution in [0.2, 0.25) is 0 Å². The van der Waals surface area contributed by atoms with Crippen LogP contribution in [0.1, 0.15) is 30.6 Å². The van der Waals surface area contributed by atoms with Gasteiger partial charge in [-0.1, -0.05) is 12.1 Å². The largest absolute Gasteiger partial charge is 0.381 e. The highest BCUT2D eigenvalue weighted by molar-refractivity contribution is 6.03. The van der Waals surface area contributed by atoms with Crippen LogP contribution >= 0.6 is 0 Å². The SMILES string of the molecule is CC(C)NC(=O)Nc1ccccc1C(=O)NCC(C1CCOC1)N1CCOCC1. The van der Waals surface area contributed by atoms with Crippen LogP contribution in [0.15, 0.2) is 24.3 Å². The third-order valence-electron chi connectivity index (χ3n) is 5.34. The highest BCUT2D eigenvalue weighted by Crippen LogP contribution is 2.22. The fourth-order valence-corrected chi connectivity index (χ4v) is 3.86. The zero-order valence-corrected chi connectivity index (χ0v) is 17.3. The highest BCUT2D eigenvalue weighted by Gasteiger charge is 2.32. The Kier molecular flexibility index (Phi) is 7.85. The summed E-state index contributed by atoms with van der Waals surface area (Å²) in [4.78, 5) is 27.4. The van der Waals surface area contributed by atoms with Crippen LogP contribution in [0.5, 0.6) is 0 Å². The van der Waals surface area contributed by atoms with E-state index in [1.165, 1.54) is 0 Å². The lowest BCUT2D eigenvalue weighted by molar-refractivity contribution is 0.00167. The van der Waals surface area contributed by atoms with Crippen molar-refractivity contribution in [3.63, 3.8) is 0 Å². The lowest BCUT2D eigenvalue weighted by Crippen LogP contribution is -2.52. The minimum absolute atomic E-state index is 0.0129. The van der Waals surface area contributed by atoms with Gasteiger partial charge in [-0.2, -0.15) is 0 Å². The topological polar surface area (TPSA) is 91.9 Å². The van der Waals surface area contributed by atoms with Crippen molar-refractivity contribution >= 4 is 17.6 Å². The summed E-state index contributed by atoms with van der Waals surface area (Å²) in [6, 6.07) is 6.96. The van der Waals surface area contributed by atoms with E-state index in [4.69, 9.17) is 9.47 Å². The van der Waals surface area contributed by atoms with Crippen molar-refractivity contribution in [1.82, 2.24) is 15.5 Å². The lowest BCUT2D eigenvalue weighted by Gasteiger charge is -2.37. The Bertz CT molecular complexity index is 685. The molecule has 2 heterocycles. The molecule has 160 valence electrons. The summed E-state index contributed by atoms with van der Waals surface area (Å²) in [6.07, 6.45) is 1.01. The number of urea groups is 1. The maximum Gasteiger partial charge on any atom is 0.319 e. The van der Waals surface area contributed by atoms with Gasteiger partial charge in [-0.15, -0.1) is 0 Å². The molecule has 0 spiro atoms. The van der Waals surface area contributed by atoms with Gasteiger partial charge in [0.1, 0.15) is 0 Å². The molecule has 1 aromatic carbocycles. The van der Waals surface area contributed by atoms with E-state index in [0.29, 0.717) is 23.7 Å². The molecule has 8 nitrogen and oxygen atoms in total. The lowest BCUT2D eigenvalue weighted by atomic mass is 9.96. The average Bonchev–Trinajstić information content (AvgIpc) is 3.23. The molecule has 0 bridgehead atoms. The van der Waals surface area contributed by atoms with Crippen molar-refractivity contribution in [2.45, 2.75) is 32.4 Å². The van der Waals surface area contributed by atoms with Crippen LogP contribution in [-0.4, -0.2) is 75.0 Å². The number of amides is 3. The first-order valence-corrected chi connectivity index (χ1v) is 10.4. The Morgan fingerprint density at radius 2 is 1.90 bits per heavy atom. The Hall–Kier alpha value is -2.16. The second-order valence-corrected chi connectivity index (χ2v) is 7.85. The zero-order valence-electron chi connectivity index (χ0n) is 17.3. The quantitative estimate of drug-likeness (QED) is 0.643. The molecule has 2 aliphatic rings. The van der Waals surface area contributed by atoms with Crippen molar-refractivity contribution < 1.29 is 19.1 Å². The van der Waals surface area contributed by atoms with Crippen LogP contribution in [0.4, 0.5) is 10.5 Å². The van der Waals surface area contributed by atoms with E-state index in [0.717, 1.165) is 45.9 Å². The monoisotopic (exact) mass is 404 g/mol. The molecule has 2 saturated heterocycles. The number of benzene rings is 1. The number of carbonyl (C=O) groups excluding carboxylic acids is 2. The van der Waals surface area contributed by atoms with Gasteiger partial charge in [0.2, 0.25) is 0 Å². The van der Waals surface area contributed by atoms with Crippen molar-refractivity contribution in [2.75, 3.05) is 51.4 Å². The van der Waals surface area contributed by atoms with Gasteiger partial charge in [0, 0.05) is 44.2 Å². The molecule has 3 rings (SSSR count). The van der Waals surface area contributed by atoms with E-state index in [1.807, 2.05) is 13.8 Å². The van der Waals surface area contributed by atoms with Crippen molar-refractivity contribution in [1.29, 1.82) is 0 Å². The fraction of sp³-hybridized carbons (Fsp3) is 0.619. The smallest absolute Gasteiger partial charge is 0.319 e. The summed E-state index contributed by atoms with van der Waals surface area (Å²) in [5, 5.41) is 8.62. The highest BCUT2D eigenvalue weighted by atomic mass is 16.5. The molecule has 3 N–H and O–H groups in total. The van der Waals surface area contributed by atoms with Gasteiger partial charge < -0.3 is 25.4 Å². The third-order valence-corrected chi connectivity index (χ3v) is 5.34. The first-order valence-electron chi connectivity index (χ1n) is 10.4. The van der Waals surface area contributed by atoms with E-state index in [9.17, 15) is 9.59 Å². The third kappa shape index (κ3) is 6.16. The molecule has 2 aliphatic heterocycles. The molecule has 2 atom stereocenters. The molecular formula is C21H32N4O4. The second kappa shape index (κ2) is 10.6. The Morgan fingerprint density at radius 1 is 1.14 bits per heavy atom. The average molecular weight is 405 g/mol. The number of hydrogen-bond acceptors (Lipinski definition) is 5. The molecule has 0 aromatic heterocycles. The van der Waals surface area contributed by atoms with Crippen molar-refractivity contribution in [2.24, 2.45) is 5.92 Å². The maximum atomic E-state index is 12.9. The summed E-state index contributed by atoms with van der Waals surface area (Å²) in [5.41, 5.74) is 0.949. The van der Waals surface area contributed by atoms with Crippen LogP contribution in [0.25, 0.3) is 0 Å². The summed E-state index contributed by atoms with van der Waals surface area (Å²) < 4.78 is 11.1. The van der Waals surface area contributed by atoms with Crippen molar-refractivity contribution in [3.05, 3.63) is 29.8 Å². The number of nitrogens with zero attached hydrogens (tertiary/aromatic N) is 1. The number of nitrogens with one attached hydrogen (secondary N) is 3. The van der Waals surface area contributed by atoms with Crippen LogP contribution < -0.4 is 16.0 Å². The van der Waals surface area contributed by atoms with E-state index >= 15 is 0 Å². The molecule has 3 amide bonds. The summed E-state index contributed by atoms with van der Waals surface area (Å²) >= 11 is 0. The summed E-state index contributed by atoms with van der Waals surface area (Å²) in [6.45, 7) is 8.98. The van der Waals surface area contributed by atoms with Gasteiger partial charge >= 0.3 is 6.03 Å². The number of para-hydroxylation sites is 1. The van der Waals surface area contributed by atoms with Gasteiger partial charge in [0.25, 0.3) is 5.91 Å². The zero-order chi connectivity index (χ0) is 20.6. The number of anilines is 1. The summed E-state index contributed by atoms with van der Waals surface area (Å²) in [7, 11) is 0. The number of rotatable bonds is 7. The number of carbonyl (C=O) groups is 2. The number of hydrogen-bond donors (Lipinski definition) is 3. The minimum Gasteiger partial charge on any atom is -0.381 e. The van der Waals surface area contributed by atoms with Crippen LogP contribution in [0.3, 0.4) is 0 Å². The van der Waals surface area contributed by atoms with Gasteiger partial charge in [0.05, 0.1) is 31.1 Å². The van der Waals surface area contributed by atoms with E-state index in [2.05, 4.69) is 20.9 Å². The van der Waals surface area contributed by atoms with E-state index < -0.39 is 0 Å². The first kappa shape index (κ1) is 21.5. The van der Waals surface area contributed by atoms with Gasteiger partial charge in [-0.05, 0) is 32.4 Å². The number of ether oxygens (including phenoxy) is 2. The number of morpholine rings is 1. The van der Waals surface area contributed by atoms with Crippen LogP contribution in [0, 0.1) is 5.92 Å². The standard InChI is InChI=1S/C21H32N4O4/c1-15(2)23-21(27)24-18-6-4-3-5-17(18)20(26)22-13-19(16-7-10-29-14-16)25-8-11-28-12-9-25/h3-6,15-16,19H,7-14H2,1-2H3,(H,22,26)(H2,23,24,27). The van der Waals surface area contributed by atoms with E-state index in [1.54, 1.807) is 24.3 Å². The predicted molar refractivity (Wildman–Crippen MR) is 111 cm³/mol. The summed E-state index contributed by atoms with van der Waals surface area (Å²) in [5.74, 6) is 0.209. The molecule has 2 fully saturated rings. The van der Waals surface area contributed by atoms with Gasteiger partial charge in [-0.3, -0.25) is 9.69 Å². The predicted octanol–water partition coefficient (Wildman–Crippen LogP) is 1.68. The normalized spacial score (nSPS) is 21.0. The molecule has 0 saturated carbocycles. The first-order chi connectivity index (χ1) is 14.0.